The SMILES string of the molecule is CSCC[C@H](NC(=O)c1ccc(CCCC(=O)c2ccc3ccccc3c2)cc1-c1ccccc1C)C(=O)O. The minimum absolute atomic E-state index is 0.112. The predicted octanol–water partition coefficient (Wildman–Crippen LogP) is 6.96. The van der Waals surface area contributed by atoms with Crippen LogP contribution in [0.15, 0.2) is 84.9 Å². The molecule has 6 heteroatoms. The van der Waals surface area contributed by atoms with Gasteiger partial charge in [-0.3, -0.25) is 9.59 Å². The maximum Gasteiger partial charge on any atom is 0.326 e. The predicted molar refractivity (Wildman–Crippen MR) is 160 cm³/mol. The van der Waals surface area contributed by atoms with Crippen LogP contribution in [-0.4, -0.2) is 40.8 Å². The molecule has 0 aliphatic rings. The number of carbonyl (C=O) groups is 3. The quantitative estimate of drug-likeness (QED) is 0.190. The lowest BCUT2D eigenvalue weighted by molar-refractivity contribution is -0.139. The van der Waals surface area contributed by atoms with Crippen LogP contribution in [0.1, 0.15) is 51.1 Å². The van der Waals surface area contributed by atoms with Crippen molar-refractivity contribution in [2.24, 2.45) is 0 Å². The first-order valence-electron chi connectivity index (χ1n) is 13.1. The Morgan fingerprint density at radius 1 is 0.872 bits per heavy atom. The van der Waals surface area contributed by atoms with Crippen molar-refractivity contribution < 1.29 is 19.5 Å². The van der Waals surface area contributed by atoms with E-state index in [0.717, 1.165) is 38.6 Å². The number of amides is 1. The van der Waals surface area contributed by atoms with Crippen molar-refractivity contribution in [3.63, 3.8) is 0 Å². The van der Waals surface area contributed by atoms with Gasteiger partial charge in [-0.05, 0) is 83.4 Å². The summed E-state index contributed by atoms with van der Waals surface area (Å²) < 4.78 is 0. The first kappa shape index (κ1) is 28.1. The fourth-order valence-electron chi connectivity index (χ4n) is 4.73. The molecule has 0 bridgehead atoms. The summed E-state index contributed by atoms with van der Waals surface area (Å²) in [6.45, 7) is 1.99. The lowest BCUT2D eigenvalue weighted by Gasteiger charge is -2.17. The van der Waals surface area contributed by atoms with Gasteiger partial charge in [-0.1, -0.05) is 72.8 Å². The first-order valence-corrected chi connectivity index (χ1v) is 14.5. The highest BCUT2D eigenvalue weighted by Gasteiger charge is 2.22. The fraction of sp³-hybridized carbons (Fsp3) is 0.242. The zero-order valence-corrected chi connectivity index (χ0v) is 23.1. The standard InChI is InChI=1S/C33H33NO4S/c1-22-8-3-6-12-27(22)29-20-23(14-17-28(29)32(36)34-30(33(37)38)18-19-39-2)9-7-13-31(35)26-16-15-24-10-4-5-11-25(24)21-26/h3-6,8,10-12,14-17,20-21,30H,7,9,13,18-19H2,1-2H3,(H,34,36)(H,37,38)/t30-/m0/s1. The number of carboxylic acid groups (broad SMARTS) is 1. The molecule has 4 aromatic carbocycles. The van der Waals surface area contributed by atoms with Crippen molar-refractivity contribution in [3.05, 3.63) is 107 Å². The minimum Gasteiger partial charge on any atom is -0.480 e. The number of hydrogen-bond donors (Lipinski definition) is 2. The number of benzene rings is 4. The molecule has 0 spiro atoms. The van der Waals surface area contributed by atoms with E-state index in [-0.39, 0.29) is 5.78 Å². The number of aliphatic carboxylic acids is 1. The van der Waals surface area contributed by atoms with Gasteiger partial charge in [0.15, 0.2) is 5.78 Å². The molecule has 4 aromatic rings. The molecule has 0 heterocycles. The molecule has 0 aromatic heterocycles. The van der Waals surface area contributed by atoms with Gasteiger partial charge in [0.25, 0.3) is 5.91 Å². The van der Waals surface area contributed by atoms with Gasteiger partial charge in [-0.2, -0.15) is 11.8 Å². The van der Waals surface area contributed by atoms with Gasteiger partial charge >= 0.3 is 5.97 Å². The lowest BCUT2D eigenvalue weighted by Crippen LogP contribution is -2.41. The van der Waals surface area contributed by atoms with Gasteiger partial charge in [-0.25, -0.2) is 4.79 Å². The Hall–Kier alpha value is -3.90. The van der Waals surface area contributed by atoms with Crippen LogP contribution in [0, 0.1) is 6.92 Å². The molecule has 200 valence electrons. The number of rotatable bonds is 12. The molecular formula is C33H33NO4S. The Kier molecular flexibility index (Phi) is 9.55. The molecule has 2 N–H and O–H groups in total. The largest absolute Gasteiger partial charge is 0.480 e. The van der Waals surface area contributed by atoms with E-state index in [1.165, 1.54) is 0 Å². The summed E-state index contributed by atoms with van der Waals surface area (Å²) in [5, 5.41) is 14.5. The van der Waals surface area contributed by atoms with Crippen LogP contribution in [0.5, 0.6) is 0 Å². The summed E-state index contributed by atoms with van der Waals surface area (Å²) >= 11 is 1.54. The lowest BCUT2D eigenvalue weighted by atomic mass is 9.92. The number of ketones is 1. The zero-order chi connectivity index (χ0) is 27.8. The van der Waals surface area contributed by atoms with Crippen LogP contribution >= 0.6 is 11.8 Å². The molecule has 0 aliphatic heterocycles. The summed E-state index contributed by atoms with van der Waals surface area (Å²) in [6.07, 6.45) is 4.05. The van der Waals surface area contributed by atoms with E-state index in [9.17, 15) is 19.5 Å². The number of aryl methyl sites for hydroxylation is 2. The summed E-state index contributed by atoms with van der Waals surface area (Å²) in [7, 11) is 0. The third-order valence-electron chi connectivity index (χ3n) is 6.92. The average molecular weight is 540 g/mol. The molecule has 0 radical (unpaired) electrons. The Morgan fingerprint density at radius 2 is 1.62 bits per heavy atom. The highest BCUT2D eigenvalue weighted by Crippen LogP contribution is 2.29. The molecule has 0 unspecified atom stereocenters. The summed E-state index contributed by atoms with van der Waals surface area (Å²) in [4.78, 5) is 37.9. The maximum atomic E-state index is 13.3. The number of nitrogens with one attached hydrogen (secondary N) is 1. The number of carbonyl (C=O) groups excluding carboxylic acids is 2. The van der Waals surface area contributed by atoms with Gasteiger partial charge in [0.05, 0.1) is 0 Å². The third-order valence-corrected chi connectivity index (χ3v) is 7.56. The molecule has 0 saturated carbocycles. The molecule has 0 aliphatic carbocycles. The average Bonchev–Trinajstić information content (AvgIpc) is 2.94. The second kappa shape index (κ2) is 13.3. The zero-order valence-electron chi connectivity index (χ0n) is 22.3. The van der Waals surface area contributed by atoms with Crippen molar-refractivity contribution in [3.8, 4) is 11.1 Å². The van der Waals surface area contributed by atoms with Gasteiger partial charge in [-0.15, -0.1) is 0 Å². The summed E-state index contributed by atoms with van der Waals surface area (Å²) in [6, 6.07) is 26.4. The van der Waals surface area contributed by atoms with Gasteiger partial charge < -0.3 is 10.4 Å². The van der Waals surface area contributed by atoms with Gasteiger partial charge in [0, 0.05) is 17.5 Å². The Labute approximate surface area is 233 Å². The van der Waals surface area contributed by atoms with E-state index in [4.69, 9.17) is 0 Å². The van der Waals surface area contributed by atoms with Crippen LogP contribution in [0.4, 0.5) is 0 Å². The van der Waals surface area contributed by atoms with E-state index < -0.39 is 17.9 Å². The molecule has 39 heavy (non-hydrogen) atoms. The van der Waals surface area contributed by atoms with Crippen molar-refractivity contribution in [2.45, 2.75) is 38.6 Å². The fourth-order valence-corrected chi connectivity index (χ4v) is 5.20. The molecule has 1 amide bonds. The van der Waals surface area contributed by atoms with Gasteiger partial charge in [0.2, 0.25) is 0 Å². The summed E-state index contributed by atoms with van der Waals surface area (Å²) in [5.41, 5.74) is 4.89. The molecular weight excluding hydrogens is 506 g/mol. The van der Waals surface area contributed by atoms with Crippen molar-refractivity contribution in [1.82, 2.24) is 5.32 Å². The second-order valence-corrected chi connectivity index (χ2v) is 10.7. The van der Waals surface area contributed by atoms with Crippen LogP contribution < -0.4 is 5.32 Å². The molecule has 5 nitrogen and oxygen atoms in total. The Balaban J connectivity index is 1.52. The molecule has 1 atom stereocenters. The van der Waals surface area contributed by atoms with Crippen LogP contribution in [-0.2, 0) is 11.2 Å². The van der Waals surface area contributed by atoms with E-state index in [2.05, 4.69) is 5.32 Å². The van der Waals surface area contributed by atoms with Crippen molar-refractivity contribution in [1.29, 1.82) is 0 Å². The van der Waals surface area contributed by atoms with Crippen LogP contribution in [0.2, 0.25) is 0 Å². The summed E-state index contributed by atoms with van der Waals surface area (Å²) in [5.74, 6) is -0.693. The molecule has 0 saturated heterocycles. The topological polar surface area (TPSA) is 83.5 Å². The number of thioether (sulfide) groups is 1. The normalized spacial score (nSPS) is 11.7. The number of Topliss-reactive ketones (excluding diaryl/α,β-unsaturated/α-hetero) is 1. The van der Waals surface area contributed by atoms with Gasteiger partial charge in [0.1, 0.15) is 6.04 Å². The third kappa shape index (κ3) is 7.15. The Bertz CT molecular complexity index is 1500. The van der Waals surface area contributed by atoms with Crippen molar-refractivity contribution >= 4 is 40.2 Å². The maximum absolute atomic E-state index is 13.3. The number of fused-ring (bicyclic) bond motifs is 1. The second-order valence-electron chi connectivity index (χ2n) is 9.68. The van der Waals surface area contributed by atoms with E-state index >= 15 is 0 Å². The van der Waals surface area contributed by atoms with E-state index in [1.807, 2.05) is 92.0 Å². The molecule has 4 rings (SSSR count). The van der Waals surface area contributed by atoms with E-state index in [1.54, 1.807) is 17.8 Å². The highest BCUT2D eigenvalue weighted by molar-refractivity contribution is 7.98. The van der Waals surface area contributed by atoms with Crippen molar-refractivity contribution in [2.75, 3.05) is 12.0 Å². The first-order chi connectivity index (χ1) is 18.9. The highest BCUT2D eigenvalue weighted by atomic mass is 32.2. The van der Waals surface area contributed by atoms with Crippen LogP contribution in [0.3, 0.4) is 0 Å². The van der Waals surface area contributed by atoms with Crippen LogP contribution in [0.25, 0.3) is 21.9 Å². The van der Waals surface area contributed by atoms with E-state index in [0.29, 0.717) is 37.0 Å². The monoisotopic (exact) mass is 539 g/mol. The molecule has 0 fully saturated rings. The smallest absolute Gasteiger partial charge is 0.326 e. The number of carboxylic acids is 1. The minimum atomic E-state index is -1.04. The number of hydrogen-bond acceptors (Lipinski definition) is 4. The Morgan fingerprint density at radius 3 is 2.36 bits per heavy atom.